The van der Waals surface area contributed by atoms with E-state index in [-0.39, 0.29) is 17.4 Å². The van der Waals surface area contributed by atoms with Crippen molar-refractivity contribution >= 4 is 23.6 Å². The molecule has 23 heavy (non-hydrogen) atoms. The molecule has 1 aromatic rings. The van der Waals surface area contributed by atoms with E-state index in [1.165, 1.54) is 12.1 Å². The average Bonchev–Trinajstić information content (AvgIpc) is 2.74. The van der Waals surface area contributed by atoms with Crippen molar-refractivity contribution in [1.29, 1.82) is 0 Å². The number of Topliss-reactive ketones (excluding diaryl/α,β-unsaturated/α-hetero) is 3. The molecule has 0 fully saturated rings. The maximum absolute atomic E-state index is 11.2. The fraction of sp³-hybridized carbons (Fsp3) is 0.286. The predicted molar refractivity (Wildman–Crippen MR) is 72.4 cm³/mol. The van der Waals surface area contributed by atoms with Crippen LogP contribution < -0.4 is 0 Å². The molecule has 0 radical (unpaired) electrons. The smallest absolute Gasteiger partial charge is 0.295 e. The average molecular weight is 326 g/mol. The van der Waals surface area contributed by atoms with Gasteiger partial charge in [0.2, 0.25) is 11.6 Å². The molecule has 1 aliphatic rings. The number of fused-ring (bicyclic) bond motifs is 1. The normalized spacial score (nSPS) is 17.6. The van der Waals surface area contributed by atoms with Crippen molar-refractivity contribution < 1.29 is 44.7 Å². The fourth-order valence-corrected chi connectivity index (χ4v) is 1.72. The molecule has 9 nitrogen and oxygen atoms in total. The predicted octanol–water partition coefficient (Wildman–Crippen LogP) is -2.78. The third kappa shape index (κ3) is 3.73. The molecular formula is C14H14O9. The van der Waals surface area contributed by atoms with Crippen LogP contribution in [0.4, 0.5) is 0 Å². The number of ketones is 3. The Balaban J connectivity index is 0.000000241. The van der Waals surface area contributed by atoms with E-state index in [9.17, 15) is 19.2 Å². The van der Waals surface area contributed by atoms with Crippen molar-refractivity contribution in [2.75, 3.05) is 6.61 Å². The second-order valence-corrected chi connectivity index (χ2v) is 4.57. The van der Waals surface area contributed by atoms with Gasteiger partial charge in [0.1, 0.15) is 18.8 Å². The highest BCUT2D eigenvalue weighted by Gasteiger charge is 2.50. The van der Waals surface area contributed by atoms with Crippen molar-refractivity contribution in [3.8, 4) is 0 Å². The van der Waals surface area contributed by atoms with Gasteiger partial charge in [-0.3, -0.25) is 14.4 Å². The number of hydrogen-bond donors (Lipinski definition) is 5. The molecule has 5 N–H and O–H groups in total. The zero-order valence-electron chi connectivity index (χ0n) is 11.6. The third-order valence-corrected chi connectivity index (χ3v) is 3.00. The van der Waals surface area contributed by atoms with Crippen LogP contribution in [0.1, 0.15) is 20.7 Å². The molecule has 0 aliphatic heterocycles. The summed E-state index contributed by atoms with van der Waals surface area (Å²) in [4.78, 5) is 42.4. The van der Waals surface area contributed by atoms with Crippen molar-refractivity contribution in [1.82, 2.24) is 0 Å². The quantitative estimate of drug-likeness (QED) is 0.223. The van der Waals surface area contributed by atoms with Crippen LogP contribution in [-0.4, -0.2) is 73.8 Å². The summed E-state index contributed by atoms with van der Waals surface area (Å²) in [5.41, 5.74) is 0.134. The van der Waals surface area contributed by atoms with E-state index in [2.05, 4.69) is 0 Å². The summed E-state index contributed by atoms with van der Waals surface area (Å²) < 4.78 is 0. The Morgan fingerprint density at radius 2 is 1.52 bits per heavy atom. The number of rotatable bonds is 4. The summed E-state index contributed by atoms with van der Waals surface area (Å²) in [7, 11) is 0. The van der Waals surface area contributed by atoms with E-state index in [1.807, 2.05) is 0 Å². The Kier molecular flexibility index (Phi) is 5.96. The van der Waals surface area contributed by atoms with Crippen LogP contribution in [0, 0.1) is 0 Å². The Morgan fingerprint density at radius 3 is 1.87 bits per heavy atom. The van der Waals surface area contributed by atoms with Crippen molar-refractivity contribution in [3.63, 3.8) is 0 Å². The zero-order valence-corrected chi connectivity index (χ0v) is 11.6. The molecule has 0 aromatic heterocycles. The third-order valence-electron chi connectivity index (χ3n) is 3.00. The van der Waals surface area contributed by atoms with Crippen LogP contribution in [0.15, 0.2) is 24.3 Å². The molecule has 1 aromatic carbocycles. The van der Waals surface area contributed by atoms with E-state index in [1.54, 1.807) is 12.1 Å². The number of carbonyl (C=O) groups is 4. The molecule has 0 amide bonds. The molecule has 1 aliphatic carbocycles. The van der Waals surface area contributed by atoms with Crippen molar-refractivity contribution in [2.45, 2.75) is 18.0 Å². The van der Waals surface area contributed by atoms with Gasteiger partial charge in [0.25, 0.3) is 5.79 Å². The lowest BCUT2D eigenvalue weighted by molar-refractivity contribution is -0.139. The molecule has 0 heterocycles. The molecule has 0 bridgehead atoms. The molecule has 2 unspecified atom stereocenters. The van der Waals surface area contributed by atoms with Gasteiger partial charge in [0.15, 0.2) is 12.1 Å². The first-order chi connectivity index (χ1) is 10.7. The highest BCUT2D eigenvalue weighted by molar-refractivity contribution is 6.30. The molecular weight excluding hydrogens is 312 g/mol. The van der Waals surface area contributed by atoms with Gasteiger partial charge in [-0.05, 0) is 0 Å². The Hall–Kier alpha value is -2.30. The van der Waals surface area contributed by atoms with Crippen molar-refractivity contribution in [3.05, 3.63) is 35.4 Å². The lowest BCUT2D eigenvalue weighted by Gasteiger charge is -2.08. The molecule has 0 saturated heterocycles. The van der Waals surface area contributed by atoms with Crippen LogP contribution in [0.2, 0.25) is 0 Å². The molecule has 0 spiro atoms. The van der Waals surface area contributed by atoms with Gasteiger partial charge in [0, 0.05) is 11.1 Å². The fourth-order valence-electron chi connectivity index (χ4n) is 1.72. The maximum Gasteiger partial charge on any atom is 0.295 e. The SMILES string of the molecule is O=C1c2ccccc2C(=O)C1(O)O.O=CC(O)C(O)C(=O)CO. The van der Waals surface area contributed by atoms with Gasteiger partial charge in [0.05, 0.1) is 0 Å². The Morgan fingerprint density at radius 1 is 1.09 bits per heavy atom. The lowest BCUT2D eigenvalue weighted by Crippen LogP contribution is -2.40. The van der Waals surface area contributed by atoms with Crippen LogP contribution >= 0.6 is 0 Å². The largest absolute Gasteiger partial charge is 0.388 e. The second-order valence-electron chi connectivity index (χ2n) is 4.57. The van der Waals surface area contributed by atoms with E-state index < -0.39 is 42.0 Å². The van der Waals surface area contributed by atoms with Crippen LogP contribution in [0.25, 0.3) is 0 Å². The second kappa shape index (κ2) is 7.31. The number of hydrogen-bond acceptors (Lipinski definition) is 9. The molecule has 9 heteroatoms. The monoisotopic (exact) mass is 326 g/mol. The van der Waals surface area contributed by atoms with E-state index in [0.717, 1.165) is 0 Å². The summed E-state index contributed by atoms with van der Waals surface area (Å²) in [6, 6.07) is 5.91. The van der Waals surface area contributed by atoms with Gasteiger partial charge in [-0.1, -0.05) is 24.3 Å². The van der Waals surface area contributed by atoms with E-state index in [4.69, 9.17) is 25.5 Å². The molecule has 2 atom stereocenters. The number of aliphatic hydroxyl groups is 5. The lowest BCUT2D eigenvalue weighted by atomic mass is 10.1. The topological polar surface area (TPSA) is 169 Å². The first kappa shape index (κ1) is 18.7. The van der Waals surface area contributed by atoms with E-state index in [0.29, 0.717) is 0 Å². The van der Waals surface area contributed by atoms with Gasteiger partial charge in [-0.2, -0.15) is 0 Å². The summed E-state index contributed by atoms with van der Waals surface area (Å²) in [5.74, 6) is -5.73. The van der Waals surface area contributed by atoms with Crippen molar-refractivity contribution in [2.24, 2.45) is 0 Å². The van der Waals surface area contributed by atoms with Gasteiger partial charge in [-0.25, -0.2) is 0 Å². The van der Waals surface area contributed by atoms with Crippen LogP contribution in [0.3, 0.4) is 0 Å². The minimum absolute atomic E-state index is 0.0260. The number of aldehydes is 1. The number of benzene rings is 1. The summed E-state index contributed by atoms with van der Waals surface area (Å²) in [6.07, 6.45) is -3.51. The van der Waals surface area contributed by atoms with Gasteiger partial charge < -0.3 is 30.3 Å². The summed E-state index contributed by atoms with van der Waals surface area (Å²) >= 11 is 0. The molecule has 0 saturated carbocycles. The van der Waals surface area contributed by atoms with Crippen LogP contribution in [-0.2, 0) is 9.59 Å². The maximum atomic E-state index is 11.2. The minimum Gasteiger partial charge on any atom is -0.388 e. The first-order valence-electron chi connectivity index (χ1n) is 6.26. The number of carbonyl (C=O) groups excluding carboxylic acids is 4. The first-order valence-corrected chi connectivity index (χ1v) is 6.26. The minimum atomic E-state index is -2.86. The highest BCUT2D eigenvalue weighted by atomic mass is 16.5. The highest BCUT2D eigenvalue weighted by Crippen LogP contribution is 2.27. The van der Waals surface area contributed by atoms with E-state index >= 15 is 0 Å². The standard InChI is InChI=1S/C9H6O4.C5H8O5/c10-7-5-3-1-2-4-6(5)8(11)9(7,12)13;6-1-3(8)5(10)4(9)2-7/h1-4,12-13H;1,3,5,7-8,10H,2H2. The Bertz CT molecular complexity index is 598. The summed E-state index contributed by atoms with van der Waals surface area (Å²) in [6.45, 7) is -0.883. The number of aliphatic hydroxyl groups excluding tert-OH is 3. The zero-order chi connectivity index (χ0) is 17.8. The molecule has 2 rings (SSSR count). The Labute approximate surface area is 129 Å². The molecule has 124 valence electrons. The van der Waals surface area contributed by atoms with Gasteiger partial charge >= 0.3 is 0 Å². The van der Waals surface area contributed by atoms with Crippen LogP contribution in [0.5, 0.6) is 0 Å². The van der Waals surface area contributed by atoms with Gasteiger partial charge in [-0.15, -0.1) is 0 Å². The summed E-state index contributed by atoms with van der Waals surface area (Å²) in [5, 5.41) is 43.4.